The minimum Gasteiger partial charge on any atom is -0.493 e. The van der Waals surface area contributed by atoms with Crippen LogP contribution in [0.15, 0.2) is 18.2 Å². The highest BCUT2D eigenvalue weighted by Crippen LogP contribution is 2.26. The zero-order valence-electron chi connectivity index (χ0n) is 10.8. The number of likely N-dealkylation sites (tertiary alicyclic amines) is 1. The summed E-state index contributed by atoms with van der Waals surface area (Å²) in [6, 6.07) is 4.90. The molecular weight excluding hydrogens is 266 g/mol. The summed E-state index contributed by atoms with van der Waals surface area (Å²) < 4.78 is 5.55. The van der Waals surface area contributed by atoms with Crippen molar-refractivity contribution < 1.29 is 14.6 Å². The highest BCUT2D eigenvalue weighted by Gasteiger charge is 2.15. The smallest absolute Gasteiger partial charge is 0.341 e. The van der Waals surface area contributed by atoms with Crippen LogP contribution in [-0.4, -0.2) is 42.2 Å². The summed E-state index contributed by atoms with van der Waals surface area (Å²) in [5, 5.41) is 9.32. The molecule has 2 rings (SSSR count). The molecule has 0 bridgehead atoms. The van der Waals surface area contributed by atoms with E-state index in [1.165, 1.54) is 12.8 Å². The Kier molecular flexibility index (Phi) is 5.05. The Morgan fingerprint density at radius 2 is 2.11 bits per heavy atom. The molecule has 0 spiro atoms. The molecule has 1 N–H and O–H groups in total. The van der Waals surface area contributed by atoms with Crippen molar-refractivity contribution in [3.05, 3.63) is 28.8 Å². The lowest BCUT2D eigenvalue weighted by atomic mass is 10.2. The molecule has 5 heteroatoms. The third-order valence-electron chi connectivity index (χ3n) is 3.26. The van der Waals surface area contributed by atoms with E-state index in [1.54, 1.807) is 18.2 Å². The van der Waals surface area contributed by atoms with Gasteiger partial charge in [-0.1, -0.05) is 17.7 Å². The maximum Gasteiger partial charge on any atom is 0.341 e. The van der Waals surface area contributed by atoms with Gasteiger partial charge in [0.1, 0.15) is 11.3 Å². The van der Waals surface area contributed by atoms with Gasteiger partial charge in [-0.3, -0.25) is 0 Å². The minimum atomic E-state index is -1.06. The van der Waals surface area contributed by atoms with Gasteiger partial charge in [0.25, 0.3) is 0 Å². The second-order valence-electron chi connectivity index (χ2n) is 4.67. The number of ether oxygens (including phenoxy) is 1. The van der Waals surface area contributed by atoms with Crippen LogP contribution in [0, 0.1) is 0 Å². The van der Waals surface area contributed by atoms with Crippen molar-refractivity contribution in [2.75, 3.05) is 26.2 Å². The fourth-order valence-corrected chi connectivity index (χ4v) is 2.56. The Labute approximate surface area is 117 Å². The number of halogens is 1. The molecule has 1 fully saturated rings. The van der Waals surface area contributed by atoms with Crippen LogP contribution in [0.4, 0.5) is 0 Å². The largest absolute Gasteiger partial charge is 0.493 e. The van der Waals surface area contributed by atoms with E-state index in [2.05, 4.69) is 4.90 Å². The maximum atomic E-state index is 11.1. The molecule has 0 atom stereocenters. The van der Waals surface area contributed by atoms with E-state index in [4.69, 9.17) is 21.4 Å². The fourth-order valence-electron chi connectivity index (χ4n) is 2.31. The van der Waals surface area contributed by atoms with Gasteiger partial charge >= 0.3 is 5.97 Å². The van der Waals surface area contributed by atoms with Crippen molar-refractivity contribution in [3.8, 4) is 5.75 Å². The van der Waals surface area contributed by atoms with E-state index >= 15 is 0 Å². The van der Waals surface area contributed by atoms with Gasteiger partial charge in [0, 0.05) is 6.54 Å². The van der Waals surface area contributed by atoms with Gasteiger partial charge in [-0.15, -0.1) is 0 Å². The molecular formula is C14H18ClNO3. The Morgan fingerprint density at radius 1 is 1.37 bits per heavy atom. The lowest BCUT2D eigenvalue weighted by molar-refractivity contribution is 0.0692. The van der Waals surface area contributed by atoms with Crippen molar-refractivity contribution in [2.45, 2.75) is 19.3 Å². The SMILES string of the molecule is O=C(O)c1c(Cl)cccc1OCCCN1CCCC1. The fraction of sp³-hybridized carbons (Fsp3) is 0.500. The van der Waals surface area contributed by atoms with E-state index in [9.17, 15) is 4.79 Å². The first kappa shape index (κ1) is 14.2. The molecule has 1 aliphatic rings. The van der Waals surface area contributed by atoms with Crippen molar-refractivity contribution >= 4 is 17.6 Å². The van der Waals surface area contributed by atoms with Gasteiger partial charge in [-0.25, -0.2) is 4.79 Å². The summed E-state index contributed by atoms with van der Waals surface area (Å²) in [6.45, 7) is 3.84. The van der Waals surface area contributed by atoms with E-state index < -0.39 is 5.97 Å². The van der Waals surface area contributed by atoms with Crippen LogP contribution in [0.2, 0.25) is 5.02 Å². The van der Waals surface area contributed by atoms with Crippen LogP contribution in [0.5, 0.6) is 5.75 Å². The van der Waals surface area contributed by atoms with Crippen LogP contribution in [0.25, 0.3) is 0 Å². The van der Waals surface area contributed by atoms with Gasteiger partial charge < -0.3 is 14.7 Å². The van der Waals surface area contributed by atoms with Crippen LogP contribution in [0.3, 0.4) is 0 Å². The van der Waals surface area contributed by atoms with E-state index in [1.807, 2.05) is 0 Å². The van der Waals surface area contributed by atoms with Crippen molar-refractivity contribution in [3.63, 3.8) is 0 Å². The summed E-state index contributed by atoms with van der Waals surface area (Å²) in [7, 11) is 0. The van der Waals surface area contributed by atoms with Gasteiger partial charge in [0.15, 0.2) is 0 Å². The standard InChI is InChI=1S/C14H18ClNO3/c15-11-5-3-6-12(13(11)14(17)18)19-10-4-9-16-7-1-2-8-16/h3,5-6H,1-2,4,7-10H2,(H,17,18). The number of hydrogen-bond acceptors (Lipinski definition) is 3. The van der Waals surface area contributed by atoms with E-state index in [-0.39, 0.29) is 10.6 Å². The number of hydrogen-bond donors (Lipinski definition) is 1. The first-order chi connectivity index (χ1) is 9.18. The number of benzene rings is 1. The average molecular weight is 284 g/mol. The summed E-state index contributed by atoms with van der Waals surface area (Å²) in [5.41, 5.74) is 0.0466. The number of carboxylic acid groups (broad SMARTS) is 1. The molecule has 0 saturated carbocycles. The zero-order valence-corrected chi connectivity index (χ0v) is 11.5. The molecule has 1 aromatic carbocycles. The Hall–Kier alpha value is -1.26. The molecule has 1 aromatic rings. The molecule has 1 aliphatic heterocycles. The van der Waals surface area contributed by atoms with Crippen molar-refractivity contribution in [1.82, 2.24) is 4.90 Å². The van der Waals surface area contributed by atoms with Gasteiger partial charge in [-0.05, 0) is 44.5 Å². The predicted octanol–water partition coefficient (Wildman–Crippen LogP) is 2.90. The highest BCUT2D eigenvalue weighted by atomic mass is 35.5. The summed E-state index contributed by atoms with van der Waals surface area (Å²) >= 11 is 5.87. The van der Waals surface area contributed by atoms with Crippen molar-refractivity contribution in [2.24, 2.45) is 0 Å². The first-order valence-corrected chi connectivity index (χ1v) is 6.93. The van der Waals surface area contributed by atoms with Crippen LogP contribution >= 0.6 is 11.6 Å². The van der Waals surface area contributed by atoms with Crippen LogP contribution in [0.1, 0.15) is 29.6 Å². The third-order valence-corrected chi connectivity index (χ3v) is 3.58. The minimum absolute atomic E-state index is 0.0466. The monoisotopic (exact) mass is 283 g/mol. The third kappa shape index (κ3) is 3.85. The van der Waals surface area contributed by atoms with Gasteiger partial charge in [0.05, 0.1) is 11.6 Å². The second-order valence-corrected chi connectivity index (χ2v) is 5.08. The molecule has 1 heterocycles. The average Bonchev–Trinajstić information content (AvgIpc) is 2.87. The lowest BCUT2D eigenvalue weighted by Gasteiger charge is -2.15. The van der Waals surface area contributed by atoms with E-state index in [0.29, 0.717) is 12.4 Å². The number of carboxylic acids is 1. The lowest BCUT2D eigenvalue weighted by Crippen LogP contribution is -2.22. The molecule has 0 amide bonds. The summed E-state index contributed by atoms with van der Waals surface area (Å²) in [4.78, 5) is 13.5. The number of carbonyl (C=O) groups is 1. The number of rotatable bonds is 6. The molecule has 104 valence electrons. The maximum absolute atomic E-state index is 11.1. The highest BCUT2D eigenvalue weighted by molar-refractivity contribution is 6.33. The van der Waals surface area contributed by atoms with Crippen LogP contribution in [-0.2, 0) is 0 Å². The molecule has 4 nitrogen and oxygen atoms in total. The molecule has 0 unspecified atom stereocenters. The molecule has 1 saturated heterocycles. The summed E-state index contributed by atoms with van der Waals surface area (Å²) in [5.74, 6) is -0.707. The normalized spacial score (nSPS) is 15.6. The molecule has 0 aromatic heterocycles. The summed E-state index contributed by atoms with van der Waals surface area (Å²) in [6.07, 6.45) is 3.45. The quantitative estimate of drug-likeness (QED) is 0.816. The molecule has 0 radical (unpaired) electrons. The Bertz CT molecular complexity index is 444. The van der Waals surface area contributed by atoms with E-state index in [0.717, 1.165) is 26.1 Å². The number of aromatic carboxylic acids is 1. The molecule has 0 aliphatic carbocycles. The van der Waals surface area contributed by atoms with Gasteiger partial charge in [-0.2, -0.15) is 0 Å². The number of nitrogens with zero attached hydrogens (tertiary/aromatic N) is 1. The zero-order chi connectivity index (χ0) is 13.7. The van der Waals surface area contributed by atoms with Gasteiger partial charge in [0.2, 0.25) is 0 Å². The van der Waals surface area contributed by atoms with Crippen molar-refractivity contribution in [1.29, 1.82) is 0 Å². The first-order valence-electron chi connectivity index (χ1n) is 6.55. The second kappa shape index (κ2) is 6.78. The topological polar surface area (TPSA) is 49.8 Å². The van der Waals surface area contributed by atoms with Crippen LogP contribution < -0.4 is 4.74 Å². The predicted molar refractivity (Wildman–Crippen MR) is 74.2 cm³/mol. The Morgan fingerprint density at radius 3 is 2.79 bits per heavy atom. The molecule has 19 heavy (non-hydrogen) atoms. The Balaban J connectivity index is 1.85.